The van der Waals surface area contributed by atoms with Crippen LogP contribution < -0.4 is 10.6 Å². The SMILES string of the molecule is Cc1cc2cc(NC(=O)NCC(C)(O)c3ccco3)ccc2[nH]1. The first-order valence-corrected chi connectivity index (χ1v) is 7.35. The number of benzene rings is 1. The Morgan fingerprint density at radius 3 is 2.91 bits per heavy atom. The zero-order chi connectivity index (χ0) is 16.4. The number of hydrogen-bond donors (Lipinski definition) is 4. The van der Waals surface area contributed by atoms with Crippen LogP contribution in [-0.2, 0) is 5.60 Å². The van der Waals surface area contributed by atoms with Crippen molar-refractivity contribution in [2.24, 2.45) is 0 Å². The molecule has 1 unspecified atom stereocenters. The van der Waals surface area contributed by atoms with Crippen LogP contribution in [-0.4, -0.2) is 22.7 Å². The first-order chi connectivity index (χ1) is 10.9. The number of H-pyrrole nitrogens is 1. The number of aryl methyl sites for hydroxylation is 1. The molecule has 3 aromatic rings. The van der Waals surface area contributed by atoms with E-state index < -0.39 is 5.60 Å². The summed E-state index contributed by atoms with van der Waals surface area (Å²) in [4.78, 5) is 15.2. The first kappa shape index (κ1) is 15.2. The predicted molar refractivity (Wildman–Crippen MR) is 88.3 cm³/mol. The lowest BCUT2D eigenvalue weighted by atomic mass is 10.0. The lowest BCUT2D eigenvalue weighted by molar-refractivity contribution is 0.0372. The predicted octanol–water partition coefficient (Wildman–Crippen LogP) is 3.10. The lowest BCUT2D eigenvalue weighted by Gasteiger charge is -2.21. The Morgan fingerprint density at radius 1 is 1.35 bits per heavy atom. The highest BCUT2D eigenvalue weighted by Crippen LogP contribution is 2.21. The maximum atomic E-state index is 12.0. The third-order valence-electron chi connectivity index (χ3n) is 3.66. The van der Waals surface area contributed by atoms with E-state index in [9.17, 15) is 9.90 Å². The molecule has 6 nitrogen and oxygen atoms in total. The van der Waals surface area contributed by atoms with Crippen molar-refractivity contribution in [1.82, 2.24) is 10.3 Å². The molecule has 0 saturated heterocycles. The quantitative estimate of drug-likeness (QED) is 0.596. The third kappa shape index (κ3) is 3.37. The number of amides is 2. The number of carbonyl (C=O) groups is 1. The Morgan fingerprint density at radius 2 is 2.17 bits per heavy atom. The number of rotatable bonds is 4. The van der Waals surface area contributed by atoms with E-state index in [-0.39, 0.29) is 12.6 Å². The molecule has 0 fully saturated rings. The molecule has 1 atom stereocenters. The van der Waals surface area contributed by atoms with Gasteiger partial charge in [-0.05, 0) is 50.2 Å². The van der Waals surface area contributed by atoms with Gasteiger partial charge in [-0.3, -0.25) is 0 Å². The van der Waals surface area contributed by atoms with Gasteiger partial charge in [0.1, 0.15) is 11.4 Å². The van der Waals surface area contributed by atoms with Crippen molar-refractivity contribution in [1.29, 1.82) is 0 Å². The van der Waals surface area contributed by atoms with Gasteiger partial charge in [-0.15, -0.1) is 0 Å². The zero-order valence-corrected chi connectivity index (χ0v) is 13.0. The van der Waals surface area contributed by atoms with Gasteiger partial charge in [0.25, 0.3) is 0 Å². The molecule has 4 N–H and O–H groups in total. The molecule has 0 radical (unpaired) electrons. The van der Waals surface area contributed by atoms with Crippen molar-refractivity contribution in [2.75, 3.05) is 11.9 Å². The molecule has 120 valence electrons. The molecule has 0 saturated carbocycles. The van der Waals surface area contributed by atoms with E-state index in [1.165, 1.54) is 6.26 Å². The second kappa shape index (κ2) is 5.81. The highest BCUT2D eigenvalue weighted by molar-refractivity contribution is 5.93. The third-order valence-corrected chi connectivity index (χ3v) is 3.66. The summed E-state index contributed by atoms with van der Waals surface area (Å²) in [6.07, 6.45) is 1.48. The maximum absolute atomic E-state index is 12.0. The largest absolute Gasteiger partial charge is 0.466 e. The number of urea groups is 1. The summed E-state index contributed by atoms with van der Waals surface area (Å²) in [6, 6.07) is 10.6. The van der Waals surface area contributed by atoms with Crippen LogP contribution in [0.2, 0.25) is 0 Å². The molecule has 2 aromatic heterocycles. The fraction of sp³-hybridized carbons (Fsp3) is 0.235. The molecule has 0 bridgehead atoms. The minimum absolute atomic E-state index is 0.0395. The van der Waals surface area contributed by atoms with Gasteiger partial charge in [0.2, 0.25) is 0 Å². The molecule has 3 rings (SSSR count). The molecule has 0 spiro atoms. The molecule has 0 aliphatic rings. The molecule has 2 amide bonds. The summed E-state index contributed by atoms with van der Waals surface area (Å²) in [5.41, 5.74) is 1.51. The average molecular weight is 313 g/mol. The van der Waals surface area contributed by atoms with E-state index in [1.807, 2.05) is 31.2 Å². The summed E-state index contributed by atoms with van der Waals surface area (Å²) in [7, 11) is 0. The number of aromatic amines is 1. The zero-order valence-electron chi connectivity index (χ0n) is 13.0. The Labute approximate surface area is 133 Å². The Kier molecular flexibility index (Phi) is 3.83. The standard InChI is InChI=1S/C17H19N3O3/c1-11-8-12-9-13(5-6-14(12)19-11)20-16(21)18-10-17(2,22)15-4-3-7-23-15/h3-9,19,22H,10H2,1-2H3,(H2,18,20,21). The molecule has 1 aromatic carbocycles. The number of furan rings is 1. The second-order valence-corrected chi connectivity index (χ2v) is 5.81. The molecular formula is C17H19N3O3. The summed E-state index contributed by atoms with van der Waals surface area (Å²) in [6.45, 7) is 3.61. The minimum Gasteiger partial charge on any atom is -0.466 e. The van der Waals surface area contributed by atoms with Gasteiger partial charge in [0.15, 0.2) is 0 Å². The summed E-state index contributed by atoms with van der Waals surface area (Å²) >= 11 is 0. The van der Waals surface area contributed by atoms with Crippen LogP contribution in [0.25, 0.3) is 10.9 Å². The maximum Gasteiger partial charge on any atom is 0.319 e. The van der Waals surface area contributed by atoms with E-state index in [0.717, 1.165) is 16.6 Å². The van der Waals surface area contributed by atoms with E-state index in [0.29, 0.717) is 11.4 Å². The van der Waals surface area contributed by atoms with Crippen molar-refractivity contribution >= 4 is 22.6 Å². The normalized spacial score (nSPS) is 13.7. The lowest BCUT2D eigenvalue weighted by Crippen LogP contribution is -2.40. The van der Waals surface area contributed by atoms with E-state index in [4.69, 9.17) is 4.42 Å². The van der Waals surface area contributed by atoms with Gasteiger partial charge in [0, 0.05) is 22.3 Å². The highest BCUT2D eigenvalue weighted by Gasteiger charge is 2.26. The fourth-order valence-corrected chi connectivity index (χ4v) is 2.46. The number of nitrogens with one attached hydrogen (secondary N) is 3. The van der Waals surface area contributed by atoms with Crippen LogP contribution in [0.4, 0.5) is 10.5 Å². The van der Waals surface area contributed by atoms with Crippen LogP contribution in [0.3, 0.4) is 0 Å². The molecule has 0 aliphatic heterocycles. The summed E-state index contributed by atoms with van der Waals surface area (Å²) in [5, 5.41) is 16.7. The Balaban J connectivity index is 1.62. The smallest absolute Gasteiger partial charge is 0.319 e. The van der Waals surface area contributed by atoms with Gasteiger partial charge in [-0.2, -0.15) is 0 Å². The molecular weight excluding hydrogens is 294 g/mol. The van der Waals surface area contributed by atoms with Crippen molar-refractivity contribution in [2.45, 2.75) is 19.4 Å². The average Bonchev–Trinajstić information content (AvgIpc) is 3.13. The van der Waals surface area contributed by atoms with Gasteiger partial charge < -0.3 is 25.1 Å². The van der Waals surface area contributed by atoms with E-state index >= 15 is 0 Å². The van der Waals surface area contributed by atoms with Crippen LogP contribution >= 0.6 is 0 Å². The van der Waals surface area contributed by atoms with Crippen LogP contribution in [0.1, 0.15) is 18.4 Å². The van der Waals surface area contributed by atoms with Gasteiger partial charge in [-0.1, -0.05) is 0 Å². The number of fused-ring (bicyclic) bond motifs is 1. The number of hydrogen-bond acceptors (Lipinski definition) is 3. The van der Waals surface area contributed by atoms with Crippen LogP contribution in [0, 0.1) is 6.92 Å². The van der Waals surface area contributed by atoms with Crippen LogP contribution in [0.5, 0.6) is 0 Å². The fourth-order valence-electron chi connectivity index (χ4n) is 2.46. The number of anilines is 1. The van der Waals surface area contributed by atoms with Crippen molar-refractivity contribution in [3.8, 4) is 0 Å². The van der Waals surface area contributed by atoms with Crippen molar-refractivity contribution in [3.05, 3.63) is 54.1 Å². The second-order valence-electron chi connectivity index (χ2n) is 5.81. The van der Waals surface area contributed by atoms with Crippen LogP contribution in [0.15, 0.2) is 47.1 Å². The molecule has 23 heavy (non-hydrogen) atoms. The van der Waals surface area contributed by atoms with Gasteiger partial charge in [0.05, 0.1) is 12.8 Å². The monoisotopic (exact) mass is 313 g/mol. The first-order valence-electron chi connectivity index (χ1n) is 7.35. The Bertz CT molecular complexity index is 819. The summed E-state index contributed by atoms with van der Waals surface area (Å²) < 4.78 is 5.17. The molecule has 6 heteroatoms. The van der Waals surface area contributed by atoms with Crippen molar-refractivity contribution in [3.63, 3.8) is 0 Å². The number of aliphatic hydroxyl groups is 1. The van der Waals surface area contributed by atoms with E-state index in [1.54, 1.807) is 19.1 Å². The van der Waals surface area contributed by atoms with Crippen molar-refractivity contribution < 1.29 is 14.3 Å². The number of aromatic nitrogens is 1. The Hall–Kier alpha value is -2.73. The topological polar surface area (TPSA) is 90.3 Å². The number of carbonyl (C=O) groups excluding carboxylic acids is 1. The minimum atomic E-state index is -1.26. The summed E-state index contributed by atoms with van der Waals surface area (Å²) in [5.74, 6) is 0.405. The molecule has 0 aliphatic carbocycles. The highest BCUT2D eigenvalue weighted by atomic mass is 16.4. The van der Waals surface area contributed by atoms with Gasteiger partial charge >= 0.3 is 6.03 Å². The molecule has 2 heterocycles. The van der Waals surface area contributed by atoms with E-state index in [2.05, 4.69) is 15.6 Å². The van der Waals surface area contributed by atoms with Gasteiger partial charge in [-0.25, -0.2) is 4.79 Å².